The summed E-state index contributed by atoms with van der Waals surface area (Å²) in [5, 5.41) is 3.38. The van der Waals surface area contributed by atoms with Gasteiger partial charge in [0.05, 0.1) is 6.61 Å². The summed E-state index contributed by atoms with van der Waals surface area (Å²) in [6.45, 7) is 6.35. The van der Waals surface area contributed by atoms with E-state index < -0.39 is 0 Å². The van der Waals surface area contributed by atoms with Gasteiger partial charge in [0, 0.05) is 23.7 Å². The Hall–Kier alpha value is -0.580. The molecule has 0 fully saturated rings. The zero-order valence-electron chi connectivity index (χ0n) is 10.6. The summed E-state index contributed by atoms with van der Waals surface area (Å²) in [5.74, 6) is 0.888. The molecule has 0 radical (unpaired) electrons. The van der Waals surface area contributed by atoms with Crippen LogP contribution in [0.15, 0.2) is 28.7 Å². The number of hydrogen-bond acceptors (Lipinski definition) is 3. The van der Waals surface area contributed by atoms with Gasteiger partial charge in [-0.15, -0.1) is 0 Å². The van der Waals surface area contributed by atoms with E-state index in [0.717, 1.165) is 16.8 Å². The molecule has 4 heteroatoms. The van der Waals surface area contributed by atoms with Crippen LogP contribution in [0.4, 0.5) is 0 Å². The zero-order valence-corrected chi connectivity index (χ0v) is 12.2. The fraction of sp³-hybridized carbons (Fsp3) is 0.538. The van der Waals surface area contributed by atoms with Crippen LogP contribution >= 0.6 is 15.9 Å². The summed E-state index contributed by atoms with van der Waals surface area (Å²) in [6.07, 6.45) is 0. The number of halogens is 1. The molecule has 0 atom stereocenters. The quantitative estimate of drug-likeness (QED) is 0.786. The molecule has 1 aromatic rings. The largest absolute Gasteiger partial charge is 0.492 e. The first kappa shape index (κ1) is 14.5. The molecule has 1 N–H and O–H groups in total. The van der Waals surface area contributed by atoms with Crippen molar-refractivity contribution in [2.75, 3.05) is 26.9 Å². The molecule has 0 saturated carbocycles. The highest BCUT2D eigenvalue weighted by molar-refractivity contribution is 9.10. The van der Waals surface area contributed by atoms with Crippen molar-refractivity contribution in [3.05, 3.63) is 28.7 Å². The Morgan fingerprint density at radius 1 is 1.24 bits per heavy atom. The molecule has 1 aromatic carbocycles. The number of ether oxygens (including phenoxy) is 2. The topological polar surface area (TPSA) is 30.5 Å². The predicted molar refractivity (Wildman–Crippen MR) is 73.6 cm³/mol. The van der Waals surface area contributed by atoms with Crippen LogP contribution in [0.1, 0.15) is 13.8 Å². The van der Waals surface area contributed by atoms with Crippen LogP contribution in [0.25, 0.3) is 0 Å². The third kappa shape index (κ3) is 6.05. The van der Waals surface area contributed by atoms with Crippen molar-refractivity contribution in [2.45, 2.75) is 19.4 Å². The minimum atomic E-state index is -0.0160. The summed E-state index contributed by atoms with van der Waals surface area (Å²) in [4.78, 5) is 0. The summed E-state index contributed by atoms with van der Waals surface area (Å²) < 4.78 is 11.8. The first-order chi connectivity index (χ1) is 8.03. The van der Waals surface area contributed by atoms with Crippen LogP contribution in [0.3, 0.4) is 0 Å². The molecular formula is C13H20BrNO2. The van der Waals surface area contributed by atoms with E-state index in [1.165, 1.54) is 0 Å². The van der Waals surface area contributed by atoms with Crippen LogP contribution in [-0.2, 0) is 4.74 Å². The maximum atomic E-state index is 5.61. The second-order valence-electron chi connectivity index (χ2n) is 4.55. The molecule has 0 bridgehead atoms. The number of rotatable bonds is 7. The van der Waals surface area contributed by atoms with Crippen molar-refractivity contribution in [3.8, 4) is 5.75 Å². The van der Waals surface area contributed by atoms with Gasteiger partial charge in [-0.3, -0.25) is 0 Å². The minimum Gasteiger partial charge on any atom is -0.492 e. The first-order valence-corrected chi connectivity index (χ1v) is 6.45. The first-order valence-electron chi connectivity index (χ1n) is 5.66. The van der Waals surface area contributed by atoms with Gasteiger partial charge in [-0.2, -0.15) is 0 Å². The molecule has 0 heterocycles. The molecule has 17 heavy (non-hydrogen) atoms. The standard InChI is InChI=1S/C13H20BrNO2/c1-13(2,10-16-3)15-8-9-17-12-6-4-11(14)5-7-12/h4-7,15H,8-10H2,1-3H3. The smallest absolute Gasteiger partial charge is 0.119 e. The van der Waals surface area contributed by atoms with Crippen LogP contribution in [-0.4, -0.2) is 32.4 Å². The average Bonchev–Trinajstić information content (AvgIpc) is 2.27. The van der Waals surface area contributed by atoms with Crippen molar-refractivity contribution in [1.82, 2.24) is 5.32 Å². The van der Waals surface area contributed by atoms with E-state index in [4.69, 9.17) is 9.47 Å². The molecule has 0 spiro atoms. The van der Waals surface area contributed by atoms with Crippen LogP contribution in [0.5, 0.6) is 5.75 Å². The van der Waals surface area contributed by atoms with E-state index in [1.807, 2.05) is 24.3 Å². The molecule has 1 rings (SSSR count). The van der Waals surface area contributed by atoms with Crippen LogP contribution in [0, 0.1) is 0 Å². The van der Waals surface area contributed by atoms with Crippen molar-refractivity contribution in [3.63, 3.8) is 0 Å². The number of nitrogens with one attached hydrogen (secondary N) is 1. The van der Waals surface area contributed by atoms with E-state index >= 15 is 0 Å². The Balaban J connectivity index is 2.22. The summed E-state index contributed by atoms with van der Waals surface area (Å²) in [7, 11) is 1.71. The predicted octanol–water partition coefficient (Wildman–Crippen LogP) is 2.84. The highest BCUT2D eigenvalue weighted by Gasteiger charge is 2.15. The molecule has 96 valence electrons. The van der Waals surface area contributed by atoms with E-state index in [9.17, 15) is 0 Å². The molecule has 0 aromatic heterocycles. The van der Waals surface area contributed by atoms with Gasteiger partial charge in [-0.25, -0.2) is 0 Å². The second-order valence-corrected chi connectivity index (χ2v) is 5.46. The van der Waals surface area contributed by atoms with Crippen molar-refractivity contribution < 1.29 is 9.47 Å². The maximum Gasteiger partial charge on any atom is 0.119 e. The third-order valence-corrected chi connectivity index (χ3v) is 2.82. The third-order valence-electron chi connectivity index (χ3n) is 2.29. The minimum absolute atomic E-state index is 0.0160. The van der Waals surface area contributed by atoms with Gasteiger partial charge in [-0.05, 0) is 38.1 Å². The number of hydrogen-bond donors (Lipinski definition) is 1. The highest BCUT2D eigenvalue weighted by atomic mass is 79.9. The average molecular weight is 302 g/mol. The molecule has 0 aliphatic heterocycles. The molecular weight excluding hydrogens is 282 g/mol. The fourth-order valence-corrected chi connectivity index (χ4v) is 1.77. The summed E-state index contributed by atoms with van der Waals surface area (Å²) in [5.41, 5.74) is -0.0160. The molecule has 0 saturated heterocycles. The van der Waals surface area contributed by atoms with Gasteiger partial charge in [0.1, 0.15) is 12.4 Å². The van der Waals surface area contributed by atoms with E-state index in [-0.39, 0.29) is 5.54 Å². The molecule has 0 amide bonds. The lowest BCUT2D eigenvalue weighted by Gasteiger charge is -2.25. The highest BCUT2D eigenvalue weighted by Crippen LogP contribution is 2.15. The second kappa shape index (κ2) is 6.99. The lowest BCUT2D eigenvalue weighted by molar-refractivity contribution is 0.125. The zero-order chi connectivity index (χ0) is 12.7. The van der Waals surface area contributed by atoms with Crippen molar-refractivity contribution in [2.24, 2.45) is 0 Å². The summed E-state index contributed by atoms with van der Waals surface area (Å²) >= 11 is 3.39. The molecule has 0 aliphatic rings. The van der Waals surface area contributed by atoms with E-state index in [2.05, 4.69) is 35.1 Å². The van der Waals surface area contributed by atoms with Crippen LogP contribution < -0.4 is 10.1 Å². The van der Waals surface area contributed by atoms with Crippen molar-refractivity contribution >= 4 is 15.9 Å². The lowest BCUT2D eigenvalue weighted by atomic mass is 10.1. The van der Waals surface area contributed by atoms with Gasteiger partial charge in [0.15, 0.2) is 0 Å². The van der Waals surface area contributed by atoms with E-state index in [0.29, 0.717) is 13.2 Å². The number of methoxy groups -OCH3 is 1. The van der Waals surface area contributed by atoms with Gasteiger partial charge >= 0.3 is 0 Å². The number of benzene rings is 1. The van der Waals surface area contributed by atoms with Crippen molar-refractivity contribution in [1.29, 1.82) is 0 Å². The lowest BCUT2D eigenvalue weighted by Crippen LogP contribution is -2.45. The Morgan fingerprint density at radius 3 is 2.47 bits per heavy atom. The normalized spacial score (nSPS) is 11.5. The monoisotopic (exact) mass is 301 g/mol. The van der Waals surface area contributed by atoms with Gasteiger partial charge in [0.25, 0.3) is 0 Å². The Morgan fingerprint density at radius 2 is 1.88 bits per heavy atom. The Labute approximate surface area is 112 Å². The molecule has 0 unspecified atom stereocenters. The maximum absolute atomic E-state index is 5.61. The van der Waals surface area contributed by atoms with E-state index in [1.54, 1.807) is 7.11 Å². The molecule has 0 aliphatic carbocycles. The van der Waals surface area contributed by atoms with Gasteiger partial charge < -0.3 is 14.8 Å². The Kier molecular flexibility index (Phi) is 5.95. The van der Waals surface area contributed by atoms with Gasteiger partial charge in [-0.1, -0.05) is 15.9 Å². The molecule has 3 nitrogen and oxygen atoms in total. The Bertz CT molecular complexity index is 325. The van der Waals surface area contributed by atoms with Crippen LogP contribution in [0.2, 0.25) is 0 Å². The fourth-order valence-electron chi connectivity index (χ4n) is 1.50. The van der Waals surface area contributed by atoms with Gasteiger partial charge in [0.2, 0.25) is 0 Å². The summed E-state index contributed by atoms with van der Waals surface area (Å²) in [6, 6.07) is 7.84. The SMILES string of the molecule is COCC(C)(C)NCCOc1ccc(Br)cc1.